The monoisotopic (exact) mass is 388 g/mol. The normalized spacial score (nSPS) is 19.3. The van der Waals surface area contributed by atoms with E-state index in [1.165, 1.54) is 56.7 Å². The van der Waals surface area contributed by atoms with E-state index in [1.807, 2.05) is 24.3 Å². The largest absolute Gasteiger partial charge is 0.353 e. The molecule has 2 N–H and O–H groups in total. The molecule has 0 saturated heterocycles. The highest BCUT2D eigenvalue weighted by molar-refractivity contribution is 8.00. The van der Waals surface area contributed by atoms with Crippen LogP contribution in [0.2, 0.25) is 0 Å². The van der Waals surface area contributed by atoms with Crippen LogP contribution in [0, 0.1) is 0 Å². The number of hydrogen-bond donors (Lipinski definition) is 2. The first kappa shape index (κ1) is 20.2. The van der Waals surface area contributed by atoms with E-state index in [9.17, 15) is 9.59 Å². The fourth-order valence-corrected chi connectivity index (χ4v) is 4.99. The summed E-state index contributed by atoms with van der Waals surface area (Å²) in [7, 11) is 0. The van der Waals surface area contributed by atoms with Gasteiger partial charge < -0.3 is 10.6 Å². The molecule has 0 aromatic heterocycles. The van der Waals surface area contributed by atoms with E-state index in [0.29, 0.717) is 23.4 Å². The topological polar surface area (TPSA) is 58.2 Å². The molecule has 0 spiro atoms. The molecule has 0 bridgehead atoms. The van der Waals surface area contributed by atoms with E-state index in [2.05, 4.69) is 10.6 Å². The van der Waals surface area contributed by atoms with Crippen LogP contribution in [0.3, 0.4) is 0 Å². The predicted octanol–water partition coefficient (Wildman–Crippen LogP) is 4.68. The summed E-state index contributed by atoms with van der Waals surface area (Å²) in [4.78, 5) is 25.9. The summed E-state index contributed by atoms with van der Waals surface area (Å²) in [6.07, 6.45) is 13.0. The van der Waals surface area contributed by atoms with Gasteiger partial charge in [0.25, 0.3) is 5.91 Å². The van der Waals surface area contributed by atoms with Gasteiger partial charge in [-0.15, -0.1) is 11.8 Å². The molecule has 2 fully saturated rings. The van der Waals surface area contributed by atoms with Gasteiger partial charge in [-0.25, -0.2) is 0 Å². The Balaban J connectivity index is 1.51. The summed E-state index contributed by atoms with van der Waals surface area (Å²) in [5, 5.41) is 6.35. The number of rotatable bonds is 6. The van der Waals surface area contributed by atoms with Crippen molar-refractivity contribution in [3.05, 3.63) is 29.8 Å². The van der Waals surface area contributed by atoms with Crippen molar-refractivity contribution in [2.24, 2.45) is 0 Å². The molecule has 2 aliphatic rings. The van der Waals surface area contributed by atoms with Crippen LogP contribution in [0.5, 0.6) is 0 Å². The first-order valence-electron chi connectivity index (χ1n) is 10.5. The molecule has 0 unspecified atom stereocenters. The summed E-state index contributed by atoms with van der Waals surface area (Å²) in [5.41, 5.74) is 0.688. The molecule has 4 nitrogen and oxygen atoms in total. The van der Waals surface area contributed by atoms with Crippen molar-refractivity contribution >= 4 is 23.6 Å². The van der Waals surface area contributed by atoms with Crippen molar-refractivity contribution in [1.29, 1.82) is 0 Å². The molecule has 3 rings (SSSR count). The summed E-state index contributed by atoms with van der Waals surface area (Å²) in [5.74, 6) is 0.437. The average Bonchev–Trinajstić information content (AvgIpc) is 3.15. The zero-order chi connectivity index (χ0) is 18.9. The van der Waals surface area contributed by atoms with E-state index >= 15 is 0 Å². The van der Waals surface area contributed by atoms with Gasteiger partial charge in [0.15, 0.2) is 0 Å². The quantitative estimate of drug-likeness (QED) is 0.696. The minimum Gasteiger partial charge on any atom is -0.353 e. The number of benzene rings is 1. The Kier molecular flexibility index (Phi) is 8.06. The third-order valence-electron chi connectivity index (χ3n) is 5.65. The number of amides is 2. The minimum atomic E-state index is -0.00886. The van der Waals surface area contributed by atoms with Gasteiger partial charge in [-0.2, -0.15) is 0 Å². The molecule has 5 heteroatoms. The Bertz CT molecular complexity index is 620. The summed E-state index contributed by atoms with van der Waals surface area (Å²) in [6, 6.07) is 8.25. The lowest BCUT2D eigenvalue weighted by Crippen LogP contribution is -2.36. The number of hydrogen-bond acceptors (Lipinski definition) is 3. The number of carbonyl (C=O) groups excluding carboxylic acids is 2. The smallest absolute Gasteiger partial charge is 0.252 e. The number of thioether (sulfide) groups is 1. The lowest BCUT2D eigenvalue weighted by molar-refractivity contribution is -0.119. The van der Waals surface area contributed by atoms with E-state index in [-0.39, 0.29) is 11.8 Å². The fraction of sp³-hybridized carbons (Fsp3) is 0.636. The van der Waals surface area contributed by atoms with Crippen molar-refractivity contribution in [2.45, 2.75) is 87.6 Å². The standard InChI is InChI=1S/C22H32N2O2S/c25-21(23-17-10-4-2-1-3-5-11-17)16-27-20-15-9-8-14-19(20)22(26)24-18-12-6-7-13-18/h8-9,14-15,17-18H,1-7,10-13,16H2,(H,23,25)(H,24,26). The minimum absolute atomic E-state index is 0.00886. The van der Waals surface area contributed by atoms with Crippen LogP contribution in [-0.4, -0.2) is 29.7 Å². The fourth-order valence-electron chi connectivity index (χ4n) is 4.13. The van der Waals surface area contributed by atoms with Gasteiger partial charge in [0.05, 0.1) is 11.3 Å². The van der Waals surface area contributed by atoms with Crippen LogP contribution in [0.25, 0.3) is 0 Å². The Labute approximate surface area is 167 Å². The third-order valence-corrected chi connectivity index (χ3v) is 6.72. The second-order valence-electron chi connectivity index (χ2n) is 7.85. The molecule has 0 atom stereocenters. The highest BCUT2D eigenvalue weighted by Gasteiger charge is 2.20. The second kappa shape index (κ2) is 10.7. The van der Waals surface area contributed by atoms with Crippen molar-refractivity contribution < 1.29 is 9.59 Å². The molecule has 1 aromatic rings. The zero-order valence-corrected chi connectivity index (χ0v) is 17.0. The van der Waals surface area contributed by atoms with Crippen molar-refractivity contribution in [2.75, 3.05) is 5.75 Å². The van der Waals surface area contributed by atoms with Gasteiger partial charge in [-0.3, -0.25) is 9.59 Å². The van der Waals surface area contributed by atoms with Gasteiger partial charge in [-0.1, -0.05) is 57.1 Å². The van der Waals surface area contributed by atoms with Gasteiger partial charge in [0.2, 0.25) is 5.91 Å². The molecule has 2 saturated carbocycles. The van der Waals surface area contributed by atoms with Crippen molar-refractivity contribution in [3.8, 4) is 0 Å². The molecule has 1 aromatic carbocycles. The van der Waals surface area contributed by atoms with Crippen LogP contribution in [-0.2, 0) is 4.79 Å². The summed E-state index contributed by atoms with van der Waals surface area (Å²) >= 11 is 1.47. The van der Waals surface area contributed by atoms with E-state index in [4.69, 9.17) is 0 Å². The molecule has 27 heavy (non-hydrogen) atoms. The first-order valence-corrected chi connectivity index (χ1v) is 11.5. The lowest BCUT2D eigenvalue weighted by atomic mass is 9.97. The van der Waals surface area contributed by atoms with Gasteiger partial charge >= 0.3 is 0 Å². The lowest BCUT2D eigenvalue weighted by Gasteiger charge is -2.21. The molecule has 148 valence electrons. The molecule has 0 aliphatic heterocycles. The van der Waals surface area contributed by atoms with Crippen molar-refractivity contribution in [1.82, 2.24) is 10.6 Å². The molecule has 0 heterocycles. The van der Waals surface area contributed by atoms with E-state index < -0.39 is 0 Å². The van der Waals surface area contributed by atoms with Gasteiger partial charge in [0.1, 0.15) is 0 Å². The Morgan fingerprint density at radius 1 is 0.815 bits per heavy atom. The first-order chi connectivity index (χ1) is 13.2. The van der Waals surface area contributed by atoms with Crippen LogP contribution in [0.1, 0.15) is 81.0 Å². The Hall–Kier alpha value is -1.49. The Morgan fingerprint density at radius 2 is 1.37 bits per heavy atom. The van der Waals surface area contributed by atoms with E-state index in [1.54, 1.807) is 0 Å². The highest BCUT2D eigenvalue weighted by atomic mass is 32.2. The van der Waals surface area contributed by atoms with Gasteiger partial charge in [0, 0.05) is 17.0 Å². The molecular weight excluding hydrogens is 356 g/mol. The average molecular weight is 389 g/mol. The maximum atomic E-state index is 12.6. The predicted molar refractivity (Wildman–Crippen MR) is 111 cm³/mol. The molecule has 2 aliphatic carbocycles. The third kappa shape index (κ3) is 6.56. The number of nitrogens with one attached hydrogen (secondary N) is 2. The summed E-state index contributed by atoms with van der Waals surface area (Å²) in [6.45, 7) is 0. The second-order valence-corrected chi connectivity index (χ2v) is 8.87. The molecular formula is C22H32N2O2S. The van der Waals surface area contributed by atoms with E-state index in [0.717, 1.165) is 30.6 Å². The molecule has 0 radical (unpaired) electrons. The van der Waals surface area contributed by atoms with Crippen molar-refractivity contribution in [3.63, 3.8) is 0 Å². The zero-order valence-electron chi connectivity index (χ0n) is 16.2. The SMILES string of the molecule is O=C(CSc1ccccc1C(=O)NC1CCCC1)NC1CCCCCCC1. The summed E-state index contributed by atoms with van der Waals surface area (Å²) < 4.78 is 0. The van der Waals surface area contributed by atoms with Crippen LogP contribution in [0.4, 0.5) is 0 Å². The highest BCUT2D eigenvalue weighted by Crippen LogP contribution is 2.24. The Morgan fingerprint density at radius 3 is 2.07 bits per heavy atom. The van der Waals surface area contributed by atoms with Crippen LogP contribution >= 0.6 is 11.8 Å². The van der Waals surface area contributed by atoms with Crippen LogP contribution < -0.4 is 10.6 Å². The van der Waals surface area contributed by atoms with Gasteiger partial charge in [-0.05, 0) is 37.8 Å². The van der Waals surface area contributed by atoms with Crippen LogP contribution in [0.15, 0.2) is 29.2 Å². The number of carbonyl (C=O) groups is 2. The maximum absolute atomic E-state index is 12.6. The maximum Gasteiger partial charge on any atom is 0.252 e. The molecule has 2 amide bonds.